The molecule has 0 saturated carbocycles. The molecule has 16 heavy (non-hydrogen) atoms. The average Bonchev–Trinajstić information content (AvgIpc) is 2.35. The van der Waals surface area contributed by atoms with Gasteiger partial charge in [-0.2, -0.15) is 0 Å². The van der Waals surface area contributed by atoms with Crippen molar-refractivity contribution < 1.29 is 14.3 Å². The lowest BCUT2D eigenvalue weighted by Gasteiger charge is -2.12. The van der Waals surface area contributed by atoms with Crippen molar-refractivity contribution in [2.24, 2.45) is 0 Å². The number of aryl methyl sites for hydroxylation is 1. The van der Waals surface area contributed by atoms with E-state index in [-0.39, 0.29) is 11.9 Å². The minimum absolute atomic E-state index is 0.227. The van der Waals surface area contributed by atoms with Crippen LogP contribution in [0.4, 0.5) is 0 Å². The van der Waals surface area contributed by atoms with E-state index in [0.717, 1.165) is 23.3 Å². The average molecular weight is 222 g/mol. The largest absolute Gasteiger partial charge is 0.497 e. The second-order valence-corrected chi connectivity index (χ2v) is 3.71. The van der Waals surface area contributed by atoms with E-state index in [0.29, 0.717) is 0 Å². The third-order valence-corrected chi connectivity index (χ3v) is 2.69. The SMILES string of the molecule is CCc1cc(OC)cc(C(C)C(=O)OC)c1. The molecule has 1 aromatic rings. The van der Waals surface area contributed by atoms with Crippen molar-refractivity contribution in [2.75, 3.05) is 14.2 Å². The van der Waals surface area contributed by atoms with Crippen LogP contribution in [-0.4, -0.2) is 20.2 Å². The van der Waals surface area contributed by atoms with Gasteiger partial charge in [0.1, 0.15) is 5.75 Å². The summed E-state index contributed by atoms with van der Waals surface area (Å²) < 4.78 is 9.94. The Hall–Kier alpha value is -1.51. The highest BCUT2D eigenvalue weighted by Crippen LogP contribution is 2.24. The van der Waals surface area contributed by atoms with E-state index < -0.39 is 0 Å². The topological polar surface area (TPSA) is 35.5 Å². The Labute approximate surface area is 96.4 Å². The number of hydrogen-bond acceptors (Lipinski definition) is 3. The van der Waals surface area contributed by atoms with Crippen LogP contribution in [0.15, 0.2) is 18.2 Å². The Bertz CT molecular complexity index is 349. The summed E-state index contributed by atoms with van der Waals surface area (Å²) in [6.07, 6.45) is 0.915. The van der Waals surface area contributed by atoms with Crippen molar-refractivity contribution >= 4 is 5.97 Å². The Morgan fingerprint density at radius 1 is 1.31 bits per heavy atom. The Balaban J connectivity index is 3.07. The molecule has 0 aliphatic rings. The molecular formula is C13H18O3. The summed E-state index contributed by atoms with van der Waals surface area (Å²) in [5, 5.41) is 0. The summed E-state index contributed by atoms with van der Waals surface area (Å²) in [6, 6.07) is 5.87. The van der Waals surface area contributed by atoms with Crippen LogP contribution in [-0.2, 0) is 16.0 Å². The predicted octanol–water partition coefficient (Wildman–Crippen LogP) is 2.53. The minimum atomic E-state index is -0.259. The Morgan fingerprint density at radius 3 is 2.50 bits per heavy atom. The zero-order chi connectivity index (χ0) is 12.1. The second kappa shape index (κ2) is 5.54. The summed E-state index contributed by atoms with van der Waals surface area (Å²) in [6.45, 7) is 3.90. The van der Waals surface area contributed by atoms with Crippen LogP contribution in [0.5, 0.6) is 5.75 Å². The van der Waals surface area contributed by atoms with E-state index in [2.05, 4.69) is 6.92 Å². The van der Waals surface area contributed by atoms with Crippen LogP contribution < -0.4 is 4.74 Å². The lowest BCUT2D eigenvalue weighted by molar-refractivity contribution is -0.141. The zero-order valence-corrected chi connectivity index (χ0v) is 10.2. The quantitative estimate of drug-likeness (QED) is 0.734. The molecule has 0 spiro atoms. The molecule has 0 saturated heterocycles. The summed E-state index contributed by atoms with van der Waals surface area (Å²) in [5.74, 6) is 0.297. The molecule has 3 heteroatoms. The van der Waals surface area contributed by atoms with Gasteiger partial charge in [0.05, 0.1) is 20.1 Å². The Kier molecular flexibility index (Phi) is 4.35. The third-order valence-electron chi connectivity index (χ3n) is 2.69. The highest BCUT2D eigenvalue weighted by Gasteiger charge is 2.16. The minimum Gasteiger partial charge on any atom is -0.497 e. The summed E-state index contributed by atoms with van der Waals surface area (Å²) in [4.78, 5) is 11.4. The molecule has 0 aliphatic heterocycles. The molecule has 1 aromatic carbocycles. The van der Waals surface area contributed by atoms with E-state index in [1.807, 2.05) is 25.1 Å². The monoisotopic (exact) mass is 222 g/mol. The maximum Gasteiger partial charge on any atom is 0.312 e. The van der Waals surface area contributed by atoms with Gasteiger partial charge in [-0.1, -0.05) is 13.0 Å². The number of carbonyl (C=O) groups excluding carboxylic acids is 1. The van der Waals surface area contributed by atoms with E-state index in [1.54, 1.807) is 7.11 Å². The number of benzene rings is 1. The molecule has 1 rings (SSSR count). The standard InChI is InChI=1S/C13H18O3/c1-5-10-6-11(8-12(7-10)15-3)9(2)13(14)16-4/h6-9H,5H2,1-4H3. The summed E-state index contributed by atoms with van der Waals surface area (Å²) >= 11 is 0. The van der Waals surface area contributed by atoms with Crippen LogP contribution in [0, 0.1) is 0 Å². The van der Waals surface area contributed by atoms with Crippen LogP contribution in [0.25, 0.3) is 0 Å². The maximum absolute atomic E-state index is 11.4. The molecule has 0 radical (unpaired) electrons. The van der Waals surface area contributed by atoms with Crippen molar-refractivity contribution in [3.63, 3.8) is 0 Å². The van der Waals surface area contributed by atoms with Crippen LogP contribution in [0.2, 0.25) is 0 Å². The molecule has 0 amide bonds. The van der Waals surface area contributed by atoms with Gasteiger partial charge in [0, 0.05) is 0 Å². The molecule has 0 aromatic heterocycles. The van der Waals surface area contributed by atoms with Crippen LogP contribution >= 0.6 is 0 Å². The van der Waals surface area contributed by atoms with Gasteiger partial charge < -0.3 is 9.47 Å². The van der Waals surface area contributed by atoms with E-state index in [1.165, 1.54) is 7.11 Å². The van der Waals surface area contributed by atoms with Crippen molar-refractivity contribution in [3.05, 3.63) is 29.3 Å². The fourth-order valence-corrected chi connectivity index (χ4v) is 1.57. The van der Waals surface area contributed by atoms with Crippen molar-refractivity contribution in [3.8, 4) is 5.75 Å². The normalized spacial score (nSPS) is 12.0. The van der Waals surface area contributed by atoms with Gasteiger partial charge in [-0.05, 0) is 36.6 Å². The second-order valence-electron chi connectivity index (χ2n) is 3.71. The van der Waals surface area contributed by atoms with E-state index in [4.69, 9.17) is 9.47 Å². The van der Waals surface area contributed by atoms with Gasteiger partial charge in [0.2, 0.25) is 0 Å². The van der Waals surface area contributed by atoms with Gasteiger partial charge in [-0.3, -0.25) is 4.79 Å². The molecule has 0 aliphatic carbocycles. The smallest absolute Gasteiger partial charge is 0.312 e. The lowest BCUT2D eigenvalue weighted by atomic mass is 9.98. The molecule has 88 valence electrons. The van der Waals surface area contributed by atoms with Gasteiger partial charge in [-0.25, -0.2) is 0 Å². The van der Waals surface area contributed by atoms with Gasteiger partial charge in [-0.15, -0.1) is 0 Å². The molecule has 0 heterocycles. The number of ether oxygens (including phenoxy) is 2. The fraction of sp³-hybridized carbons (Fsp3) is 0.462. The van der Waals surface area contributed by atoms with Crippen molar-refractivity contribution in [2.45, 2.75) is 26.2 Å². The third kappa shape index (κ3) is 2.75. The number of hydrogen-bond donors (Lipinski definition) is 0. The number of carbonyl (C=O) groups is 1. The Morgan fingerprint density at radius 2 is 2.00 bits per heavy atom. The van der Waals surface area contributed by atoms with Gasteiger partial charge in [0.15, 0.2) is 0 Å². The van der Waals surface area contributed by atoms with E-state index >= 15 is 0 Å². The fourth-order valence-electron chi connectivity index (χ4n) is 1.57. The molecule has 0 fully saturated rings. The molecule has 1 unspecified atom stereocenters. The summed E-state index contributed by atoms with van der Waals surface area (Å²) in [5.41, 5.74) is 2.09. The molecule has 0 bridgehead atoms. The maximum atomic E-state index is 11.4. The van der Waals surface area contributed by atoms with Gasteiger partial charge in [0.25, 0.3) is 0 Å². The number of esters is 1. The molecular weight excluding hydrogens is 204 g/mol. The van der Waals surface area contributed by atoms with E-state index in [9.17, 15) is 4.79 Å². The highest BCUT2D eigenvalue weighted by atomic mass is 16.5. The first kappa shape index (κ1) is 12.6. The van der Waals surface area contributed by atoms with Crippen LogP contribution in [0.3, 0.4) is 0 Å². The van der Waals surface area contributed by atoms with Crippen molar-refractivity contribution in [1.82, 2.24) is 0 Å². The first-order valence-corrected chi connectivity index (χ1v) is 5.38. The summed E-state index contributed by atoms with van der Waals surface area (Å²) in [7, 11) is 3.03. The first-order chi connectivity index (χ1) is 7.62. The molecule has 3 nitrogen and oxygen atoms in total. The van der Waals surface area contributed by atoms with Crippen molar-refractivity contribution in [1.29, 1.82) is 0 Å². The highest BCUT2D eigenvalue weighted by molar-refractivity contribution is 5.77. The first-order valence-electron chi connectivity index (χ1n) is 5.38. The van der Waals surface area contributed by atoms with Gasteiger partial charge >= 0.3 is 5.97 Å². The lowest BCUT2D eigenvalue weighted by Crippen LogP contribution is -2.11. The number of rotatable bonds is 4. The predicted molar refractivity (Wildman–Crippen MR) is 62.8 cm³/mol. The van der Waals surface area contributed by atoms with Crippen LogP contribution in [0.1, 0.15) is 30.9 Å². The number of methoxy groups -OCH3 is 2. The molecule has 0 N–H and O–H groups in total. The zero-order valence-electron chi connectivity index (χ0n) is 10.2. The molecule has 1 atom stereocenters.